The number of piperidine rings is 1. The predicted octanol–water partition coefficient (Wildman–Crippen LogP) is 3.29. The Kier molecular flexibility index (Phi) is 7.23. The summed E-state index contributed by atoms with van der Waals surface area (Å²) in [7, 11) is 0. The zero-order valence-electron chi connectivity index (χ0n) is 17.3. The van der Waals surface area contributed by atoms with Crippen LogP contribution in [-0.4, -0.2) is 41.9 Å². The lowest BCUT2D eigenvalue weighted by Gasteiger charge is -2.45. The Labute approximate surface area is 180 Å². The number of aryl methyl sites for hydroxylation is 1. The maximum Gasteiger partial charge on any atom is 0.251 e. The van der Waals surface area contributed by atoms with E-state index < -0.39 is 0 Å². The minimum absolute atomic E-state index is 0. The van der Waals surface area contributed by atoms with Gasteiger partial charge in [0.05, 0.1) is 0 Å². The molecule has 2 atom stereocenters. The Morgan fingerprint density at radius 1 is 1.03 bits per heavy atom. The average Bonchev–Trinajstić information content (AvgIpc) is 2.68. The lowest BCUT2D eigenvalue weighted by molar-refractivity contribution is -0.139. The van der Waals surface area contributed by atoms with Crippen molar-refractivity contribution in [2.75, 3.05) is 13.1 Å². The third-order valence-corrected chi connectivity index (χ3v) is 7.29. The van der Waals surface area contributed by atoms with E-state index in [-0.39, 0.29) is 30.3 Å². The minimum Gasteiger partial charge on any atom is -0.349 e. The van der Waals surface area contributed by atoms with Crippen LogP contribution >= 0.6 is 12.4 Å². The van der Waals surface area contributed by atoms with Crippen LogP contribution in [0, 0.1) is 24.7 Å². The number of carbonyl (C=O) groups is 2. The monoisotopic (exact) mass is 419 g/mol. The molecule has 1 aromatic rings. The van der Waals surface area contributed by atoms with Gasteiger partial charge >= 0.3 is 0 Å². The summed E-state index contributed by atoms with van der Waals surface area (Å²) in [4.78, 5) is 27.7. The topological polar surface area (TPSA) is 75.4 Å². The fourth-order valence-electron chi connectivity index (χ4n) is 5.58. The maximum atomic E-state index is 13.1. The van der Waals surface area contributed by atoms with E-state index in [1.165, 1.54) is 19.3 Å². The highest BCUT2D eigenvalue weighted by atomic mass is 35.5. The lowest BCUT2D eigenvalue weighted by atomic mass is 9.65. The van der Waals surface area contributed by atoms with Crippen LogP contribution in [0.3, 0.4) is 0 Å². The second-order valence-corrected chi connectivity index (χ2v) is 9.08. The summed E-state index contributed by atoms with van der Waals surface area (Å²) < 4.78 is 0. The largest absolute Gasteiger partial charge is 0.349 e. The Balaban J connectivity index is 0.00000240. The molecule has 2 aliphatic carbocycles. The molecule has 4 rings (SSSR count). The average molecular weight is 420 g/mol. The first-order valence-corrected chi connectivity index (χ1v) is 10.9. The van der Waals surface area contributed by atoms with E-state index in [4.69, 9.17) is 5.73 Å². The summed E-state index contributed by atoms with van der Waals surface area (Å²) in [6.07, 6.45) is 7.27. The zero-order valence-corrected chi connectivity index (χ0v) is 18.1. The molecule has 0 aromatic heterocycles. The standard InChI is InChI=1S/C23H33N3O2.ClH/c1-15-5-2-3-8-20(15)22(27)25-19-9-11-26(12-10-19)23(28)18-13-16-6-4-7-17(14-18)21(16)24;/h2-3,5,8,16-19,21H,4,6-7,9-14,24H2,1H3,(H,25,27);1H. The number of hydrogen-bond donors (Lipinski definition) is 2. The normalized spacial score (nSPS) is 29.7. The molecule has 2 saturated carbocycles. The number of carbonyl (C=O) groups excluding carboxylic acids is 2. The van der Waals surface area contributed by atoms with Gasteiger partial charge in [-0.1, -0.05) is 24.6 Å². The highest BCUT2D eigenvalue weighted by Crippen LogP contribution is 2.42. The minimum atomic E-state index is -0.00281. The van der Waals surface area contributed by atoms with Crippen molar-refractivity contribution < 1.29 is 9.59 Å². The van der Waals surface area contributed by atoms with Crippen molar-refractivity contribution in [2.45, 2.75) is 64.0 Å². The van der Waals surface area contributed by atoms with Gasteiger partial charge in [-0.15, -0.1) is 12.4 Å². The van der Waals surface area contributed by atoms with Crippen molar-refractivity contribution in [3.8, 4) is 0 Å². The molecule has 3 fully saturated rings. The first-order valence-electron chi connectivity index (χ1n) is 10.9. The van der Waals surface area contributed by atoms with Gasteiger partial charge in [-0.2, -0.15) is 0 Å². The number of nitrogens with two attached hydrogens (primary N) is 1. The van der Waals surface area contributed by atoms with Crippen LogP contribution in [-0.2, 0) is 4.79 Å². The molecule has 1 aliphatic heterocycles. The van der Waals surface area contributed by atoms with Crippen molar-refractivity contribution in [1.29, 1.82) is 0 Å². The van der Waals surface area contributed by atoms with Crippen molar-refractivity contribution in [2.24, 2.45) is 23.5 Å². The molecule has 1 heterocycles. The van der Waals surface area contributed by atoms with Gasteiger partial charge in [-0.3, -0.25) is 9.59 Å². The predicted molar refractivity (Wildman–Crippen MR) is 117 cm³/mol. The van der Waals surface area contributed by atoms with Gasteiger partial charge in [0.1, 0.15) is 0 Å². The number of likely N-dealkylation sites (tertiary alicyclic amines) is 1. The molecule has 6 heteroatoms. The van der Waals surface area contributed by atoms with Crippen molar-refractivity contribution in [3.05, 3.63) is 35.4 Å². The fraction of sp³-hybridized carbons (Fsp3) is 0.652. The molecule has 0 radical (unpaired) electrons. The number of rotatable bonds is 3. The second kappa shape index (κ2) is 9.48. The second-order valence-electron chi connectivity index (χ2n) is 9.08. The number of nitrogens with zero attached hydrogens (tertiary/aromatic N) is 1. The number of nitrogens with one attached hydrogen (secondary N) is 1. The first-order chi connectivity index (χ1) is 13.5. The molecule has 2 bridgehead atoms. The molecule has 3 aliphatic rings. The maximum absolute atomic E-state index is 13.1. The number of benzene rings is 1. The van der Waals surface area contributed by atoms with Crippen LogP contribution in [0.15, 0.2) is 24.3 Å². The molecule has 5 nitrogen and oxygen atoms in total. The smallest absolute Gasteiger partial charge is 0.251 e. The van der Waals surface area contributed by atoms with Gasteiger partial charge < -0.3 is 16.0 Å². The summed E-state index contributed by atoms with van der Waals surface area (Å²) in [6, 6.07) is 8.13. The Hall–Kier alpha value is -1.59. The van der Waals surface area contributed by atoms with Crippen LogP contribution in [0.2, 0.25) is 0 Å². The molecular formula is C23H34ClN3O2. The van der Waals surface area contributed by atoms with Crippen LogP contribution in [0.5, 0.6) is 0 Å². The van der Waals surface area contributed by atoms with E-state index >= 15 is 0 Å². The van der Waals surface area contributed by atoms with E-state index in [1.807, 2.05) is 36.1 Å². The summed E-state index contributed by atoms with van der Waals surface area (Å²) in [5.74, 6) is 1.55. The summed E-state index contributed by atoms with van der Waals surface area (Å²) in [5.41, 5.74) is 8.12. The first kappa shape index (κ1) is 22.1. The van der Waals surface area contributed by atoms with Crippen LogP contribution < -0.4 is 11.1 Å². The van der Waals surface area contributed by atoms with E-state index in [2.05, 4.69) is 5.32 Å². The van der Waals surface area contributed by atoms with E-state index in [0.717, 1.165) is 49.9 Å². The van der Waals surface area contributed by atoms with Gasteiger partial charge in [0.2, 0.25) is 5.91 Å². The van der Waals surface area contributed by atoms with Gasteiger partial charge in [0.25, 0.3) is 5.91 Å². The molecule has 1 saturated heterocycles. The Bertz CT molecular complexity index is 719. The molecule has 29 heavy (non-hydrogen) atoms. The summed E-state index contributed by atoms with van der Waals surface area (Å²) >= 11 is 0. The number of halogens is 1. The van der Waals surface area contributed by atoms with E-state index in [0.29, 0.717) is 23.8 Å². The third kappa shape index (κ3) is 4.77. The fourth-order valence-corrected chi connectivity index (χ4v) is 5.58. The molecule has 2 amide bonds. The molecule has 160 valence electrons. The molecule has 0 spiro atoms. The lowest BCUT2D eigenvalue weighted by Crippen LogP contribution is -2.52. The molecular weight excluding hydrogens is 386 g/mol. The number of fused-ring (bicyclic) bond motifs is 2. The number of amides is 2. The molecule has 1 aromatic carbocycles. The zero-order chi connectivity index (χ0) is 19.7. The quantitative estimate of drug-likeness (QED) is 0.789. The van der Waals surface area contributed by atoms with Crippen LogP contribution in [0.1, 0.15) is 60.9 Å². The van der Waals surface area contributed by atoms with Crippen LogP contribution in [0.4, 0.5) is 0 Å². The number of hydrogen-bond acceptors (Lipinski definition) is 3. The third-order valence-electron chi connectivity index (χ3n) is 7.29. The van der Waals surface area contributed by atoms with Crippen LogP contribution in [0.25, 0.3) is 0 Å². The highest BCUT2D eigenvalue weighted by Gasteiger charge is 2.42. The molecule has 3 N–H and O–H groups in total. The summed E-state index contributed by atoms with van der Waals surface area (Å²) in [5, 5.41) is 3.16. The van der Waals surface area contributed by atoms with Crippen molar-refractivity contribution >= 4 is 24.2 Å². The van der Waals surface area contributed by atoms with Gasteiger partial charge in [-0.25, -0.2) is 0 Å². The van der Waals surface area contributed by atoms with Gasteiger partial charge in [0.15, 0.2) is 0 Å². The van der Waals surface area contributed by atoms with Gasteiger partial charge in [-0.05, 0) is 68.9 Å². The SMILES string of the molecule is Cc1ccccc1C(=O)NC1CCN(C(=O)C2CC3CCCC(C2)C3N)CC1.Cl. The van der Waals surface area contributed by atoms with E-state index in [9.17, 15) is 9.59 Å². The summed E-state index contributed by atoms with van der Waals surface area (Å²) in [6.45, 7) is 3.45. The van der Waals surface area contributed by atoms with Gasteiger partial charge in [0, 0.05) is 36.7 Å². The molecule has 2 unspecified atom stereocenters. The Morgan fingerprint density at radius 3 is 2.28 bits per heavy atom. The van der Waals surface area contributed by atoms with Crippen molar-refractivity contribution in [1.82, 2.24) is 10.2 Å². The van der Waals surface area contributed by atoms with E-state index in [1.54, 1.807) is 0 Å². The highest BCUT2D eigenvalue weighted by molar-refractivity contribution is 5.95. The van der Waals surface area contributed by atoms with Crippen molar-refractivity contribution in [3.63, 3.8) is 0 Å². The Morgan fingerprint density at radius 2 is 1.66 bits per heavy atom.